The van der Waals surface area contributed by atoms with Gasteiger partial charge in [0, 0.05) is 16.4 Å². The van der Waals surface area contributed by atoms with Crippen molar-refractivity contribution in [2.45, 2.75) is 27.7 Å². The van der Waals surface area contributed by atoms with Gasteiger partial charge in [-0.1, -0.05) is 23.7 Å². The molecular formula is C28H29ClN4O5. The second-order valence-electron chi connectivity index (χ2n) is 8.39. The largest absolute Gasteiger partial charge is 0.490 e. The van der Waals surface area contributed by atoms with Crippen molar-refractivity contribution in [1.82, 2.24) is 5.43 Å². The summed E-state index contributed by atoms with van der Waals surface area (Å²) >= 11 is 6.04. The normalized spacial score (nSPS) is 10.7. The molecule has 0 aliphatic rings. The summed E-state index contributed by atoms with van der Waals surface area (Å²) in [5.41, 5.74) is 6.90. The fourth-order valence-electron chi connectivity index (χ4n) is 3.23. The first-order chi connectivity index (χ1) is 18.2. The van der Waals surface area contributed by atoms with Crippen molar-refractivity contribution in [3.05, 3.63) is 81.9 Å². The van der Waals surface area contributed by atoms with Crippen LogP contribution in [0.15, 0.2) is 59.7 Å². The summed E-state index contributed by atoms with van der Waals surface area (Å²) in [6.45, 7) is 7.78. The Labute approximate surface area is 226 Å². The van der Waals surface area contributed by atoms with E-state index in [1.54, 1.807) is 36.4 Å². The number of anilines is 2. The molecule has 0 spiro atoms. The molecule has 0 saturated carbocycles. The van der Waals surface area contributed by atoms with Gasteiger partial charge in [0.1, 0.15) is 0 Å². The first-order valence-electron chi connectivity index (χ1n) is 11.8. The lowest BCUT2D eigenvalue weighted by Gasteiger charge is -2.13. The van der Waals surface area contributed by atoms with Gasteiger partial charge >= 0.3 is 11.8 Å². The molecule has 0 heterocycles. The molecule has 0 atom stereocenters. The number of rotatable bonds is 9. The van der Waals surface area contributed by atoms with Crippen LogP contribution in [0.2, 0.25) is 5.02 Å². The molecule has 0 aliphatic carbocycles. The highest BCUT2D eigenvalue weighted by Gasteiger charge is 2.14. The lowest BCUT2D eigenvalue weighted by atomic mass is 10.1. The second-order valence-corrected chi connectivity index (χ2v) is 8.80. The van der Waals surface area contributed by atoms with Crippen molar-refractivity contribution >= 4 is 46.9 Å². The predicted molar refractivity (Wildman–Crippen MR) is 148 cm³/mol. The maximum absolute atomic E-state index is 12.3. The Morgan fingerprint density at radius 2 is 1.53 bits per heavy atom. The topological polar surface area (TPSA) is 118 Å². The van der Waals surface area contributed by atoms with Crippen LogP contribution in [0, 0.1) is 20.8 Å². The highest BCUT2D eigenvalue weighted by molar-refractivity contribution is 6.39. The number of hydrogen-bond donors (Lipinski definition) is 3. The number of ether oxygens (including phenoxy) is 2. The van der Waals surface area contributed by atoms with E-state index in [1.807, 2.05) is 45.9 Å². The molecule has 0 radical (unpaired) electrons. The molecule has 3 amide bonds. The molecule has 0 aromatic heterocycles. The summed E-state index contributed by atoms with van der Waals surface area (Å²) in [5, 5.41) is 9.56. The number of amides is 3. The average molecular weight is 537 g/mol. The van der Waals surface area contributed by atoms with E-state index in [1.165, 1.54) is 6.21 Å². The Balaban J connectivity index is 1.56. The van der Waals surface area contributed by atoms with E-state index in [0.717, 1.165) is 16.7 Å². The number of hydrogen-bond acceptors (Lipinski definition) is 6. The number of carbonyl (C=O) groups is 3. The van der Waals surface area contributed by atoms with Crippen LogP contribution in [0.5, 0.6) is 11.5 Å². The van der Waals surface area contributed by atoms with Crippen LogP contribution in [0.1, 0.15) is 29.2 Å². The zero-order valence-electron chi connectivity index (χ0n) is 21.6. The molecule has 0 fully saturated rings. The zero-order chi connectivity index (χ0) is 27.7. The number of nitrogens with one attached hydrogen (secondary N) is 3. The van der Waals surface area contributed by atoms with E-state index >= 15 is 0 Å². The van der Waals surface area contributed by atoms with Crippen molar-refractivity contribution in [2.75, 3.05) is 23.8 Å². The van der Waals surface area contributed by atoms with Crippen molar-refractivity contribution in [3.63, 3.8) is 0 Å². The standard InChI is InChI=1S/C28H29ClN4O5/c1-5-37-25-13-20(15-30-33-28(36)27(35)32-22-10-7-18(3)23(29)14-22)8-11-24(25)38-16-26(34)31-21-9-6-17(2)19(4)12-21/h6-15H,5,16H2,1-4H3,(H,31,34)(H,32,35)(H,33,36)/b30-15+. The van der Waals surface area contributed by atoms with Crippen LogP contribution >= 0.6 is 11.6 Å². The van der Waals surface area contributed by atoms with Gasteiger partial charge in [-0.25, -0.2) is 5.43 Å². The van der Waals surface area contributed by atoms with Gasteiger partial charge < -0.3 is 20.1 Å². The maximum Gasteiger partial charge on any atom is 0.329 e. The quantitative estimate of drug-likeness (QED) is 0.207. The molecular weight excluding hydrogens is 508 g/mol. The number of aryl methyl sites for hydroxylation is 3. The first-order valence-corrected chi connectivity index (χ1v) is 12.2. The highest BCUT2D eigenvalue weighted by atomic mass is 35.5. The molecule has 10 heteroatoms. The van der Waals surface area contributed by atoms with Crippen molar-refractivity contribution in [2.24, 2.45) is 5.10 Å². The molecule has 9 nitrogen and oxygen atoms in total. The van der Waals surface area contributed by atoms with Gasteiger partial charge in [-0.15, -0.1) is 0 Å². The van der Waals surface area contributed by atoms with Crippen LogP contribution in [0.4, 0.5) is 11.4 Å². The van der Waals surface area contributed by atoms with Crippen molar-refractivity contribution in [1.29, 1.82) is 0 Å². The summed E-state index contributed by atoms with van der Waals surface area (Å²) in [4.78, 5) is 36.5. The molecule has 0 unspecified atom stereocenters. The van der Waals surface area contributed by atoms with Crippen molar-refractivity contribution in [3.8, 4) is 11.5 Å². The molecule has 3 aromatic rings. The maximum atomic E-state index is 12.3. The van der Waals surface area contributed by atoms with Gasteiger partial charge in [-0.05, 0) is 92.4 Å². The van der Waals surface area contributed by atoms with Crippen LogP contribution in [-0.2, 0) is 14.4 Å². The number of carbonyl (C=O) groups excluding carboxylic acids is 3. The Hall–Kier alpha value is -4.37. The third-order valence-electron chi connectivity index (χ3n) is 5.43. The average Bonchev–Trinajstić information content (AvgIpc) is 2.88. The van der Waals surface area contributed by atoms with Gasteiger partial charge in [-0.3, -0.25) is 14.4 Å². The summed E-state index contributed by atoms with van der Waals surface area (Å²) < 4.78 is 11.3. The minimum Gasteiger partial charge on any atom is -0.490 e. The van der Waals surface area contributed by atoms with Crippen LogP contribution in [0.3, 0.4) is 0 Å². The van der Waals surface area contributed by atoms with Crippen LogP contribution < -0.4 is 25.5 Å². The molecule has 3 aromatic carbocycles. The Morgan fingerprint density at radius 1 is 0.816 bits per heavy atom. The summed E-state index contributed by atoms with van der Waals surface area (Å²) in [6, 6.07) is 15.5. The highest BCUT2D eigenvalue weighted by Crippen LogP contribution is 2.28. The van der Waals surface area contributed by atoms with Gasteiger partial charge in [-0.2, -0.15) is 5.10 Å². The first kappa shape index (κ1) is 28.2. The predicted octanol–water partition coefficient (Wildman–Crippen LogP) is 4.77. The molecule has 0 aliphatic heterocycles. The van der Waals surface area contributed by atoms with Gasteiger partial charge in [0.2, 0.25) is 0 Å². The van der Waals surface area contributed by atoms with E-state index in [4.69, 9.17) is 21.1 Å². The molecule has 0 bridgehead atoms. The van der Waals surface area contributed by atoms with E-state index in [-0.39, 0.29) is 12.5 Å². The number of benzene rings is 3. The van der Waals surface area contributed by atoms with E-state index in [2.05, 4.69) is 21.2 Å². The lowest BCUT2D eigenvalue weighted by Crippen LogP contribution is -2.32. The van der Waals surface area contributed by atoms with E-state index in [0.29, 0.717) is 40.1 Å². The lowest BCUT2D eigenvalue weighted by molar-refractivity contribution is -0.136. The van der Waals surface area contributed by atoms with E-state index in [9.17, 15) is 14.4 Å². The monoisotopic (exact) mass is 536 g/mol. The summed E-state index contributed by atoms with van der Waals surface area (Å²) in [7, 11) is 0. The minimum atomic E-state index is -0.947. The second kappa shape index (κ2) is 13.3. The number of hydrazone groups is 1. The van der Waals surface area contributed by atoms with Gasteiger partial charge in [0.05, 0.1) is 12.8 Å². The Morgan fingerprint density at radius 3 is 2.21 bits per heavy atom. The Bertz CT molecular complexity index is 1370. The van der Waals surface area contributed by atoms with Gasteiger partial charge in [0.15, 0.2) is 18.1 Å². The molecule has 3 N–H and O–H groups in total. The van der Waals surface area contributed by atoms with Crippen molar-refractivity contribution < 1.29 is 23.9 Å². The third-order valence-corrected chi connectivity index (χ3v) is 5.84. The third kappa shape index (κ3) is 8.07. The smallest absolute Gasteiger partial charge is 0.329 e. The summed E-state index contributed by atoms with van der Waals surface area (Å²) in [5.74, 6) is -1.37. The molecule has 3 rings (SSSR count). The molecule has 0 saturated heterocycles. The number of halogens is 1. The fourth-order valence-corrected chi connectivity index (χ4v) is 3.41. The summed E-state index contributed by atoms with van der Waals surface area (Å²) in [6.07, 6.45) is 1.35. The fraction of sp³-hybridized carbons (Fsp3) is 0.214. The minimum absolute atomic E-state index is 0.211. The van der Waals surface area contributed by atoms with Gasteiger partial charge in [0.25, 0.3) is 5.91 Å². The number of nitrogens with zero attached hydrogens (tertiary/aromatic N) is 1. The van der Waals surface area contributed by atoms with E-state index < -0.39 is 11.8 Å². The van der Waals surface area contributed by atoms with Crippen LogP contribution in [0.25, 0.3) is 0 Å². The van der Waals surface area contributed by atoms with Crippen LogP contribution in [-0.4, -0.2) is 37.1 Å². The zero-order valence-corrected chi connectivity index (χ0v) is 22.3. The SMILES string of the molecule is CCOc1cc(/C=N/NC(=O)C(=O)Nc2ccc(C)c(Cl)c2)ccc1OCC(=O)Nc1ccc(C)c(C)c1. The Kier molecular flexibility index (Phi) is 9.84. The molecule has 198 valence electrons. The molecule has 38 heavy (non-hydrogen) atoms.